The van der Waals surface area contributed by atoms with Gasteiger partial charge in [0, 0.05) is 18.3 Å². The molecule has 0 spiro atoms. The average molecular weight is 327 g/mol. The molecular weight excluding hydrogens is 302 g/mol. The first-order chi connectivity index (χ1) is 10.3. The molecule has 6 nitrogen and oxygen atoms in total. The molecule has 7 heteroatoms. The van der Waals surface area contributed by atoms with Gasteiger partial charge in [-0.1, -0.05) is 12.8 Å². The van der Waals surface area contributed by atoms with Gasteiger partial charge < -0.3 is 10.6 Å². The van der Waals surface area contributed by atoms with Crippen molar-refractivity contribution in [3.63, 3.8) is 0 Å². The average Bonchev–Trinajstić information content (AvgIpc) is 3.00. The summed E-state index contributed by atoms with van der Waals surface area (Å²) in [6.07, 6.45) is 4.52. The molecule has 1 heterocycles. The number of nitrogens with zero attached hydrogens (tertiary/aromatic N) is 1. The van der Waals surface area contributed by atoms with E-state index >= 15 is 0 Å². The smallest absolute Gasteiger partial charge is 0.325 e. The van der Waals surface area contributed by atoms with Crippen molar-refractivity contribution in [2.24, 2.45) is 0 Å². The number of imide groups is 1. The van der Waals surface area contributed by atoms with Crippen LogP contribution < -0.4 is 10.6 Å². The third kappa shape index (κ3) is 3.94. The standard InChI is InChI=1S/C15H25N3O3S/c1-10(12(19)16-11-6-4-5-7-11)22-9-8-18-13(20)15(2,3)17-14(18)21/h10-11H,4-9H2,1-3H3,(H,16,19)(H,17,21)/t10-/m0/s1. The molecule has 2 rings (SSSR count). The van der Waals surface area contributed by atoms with Gasteiger partial charge in [0.1, 0.15) is 5.54 Å². The Morgan fingerprint density at radius 1 is 1.41 bits per heavy atom. The summed E-state index contributed by atoms with van der Waals surface area (Å²) in [5.74, 6) is 0.407. The van der Waals surface area contributed by atoms with Crippen LogP contribution in [0.2, 0.25) is 0 Å². The lowest BCUT2D eigenvalue weighted by atomic mass is 10.1. The molecule has 1 saturated heterocycles. The number of urea groups is 1. The maximum atomic E-state index is 12.1. The number of carbonyl (C=O) groups excluding carboxylic acids is 3. The highest BCUT2D eigenvalue weighted by molar-refractivity contribution is 8.00. The number of thioether (sulfide) groups is 1. The van der Waals surface area contributed by atoms with Gasteiger partial charge in [-0.25, -0.2) is 4.79 Å². The lowest BCUT2D eigenvalue weighted by molar-refractivity contribution is -0.130. The second-order valence-electron chi connectivity index (χ2n) is 6.51. The molecule has 0 aromatic rings. The van der Waals surface area contributed by atoms with Crippen LogP contribution in [0.4, 0.5) is 4.79 Å². The minimum atomic E-state index is -0.826. The van der Waals surface area contributed by atoms with Crippen LogP contribution in [0.15, 0.2) is 0 Å². The van der Waals surface area contributed by atoms with E-state index in [1.165, 1.54) is 29.5 Å². The molecule has 0 bridgehead atoms. The first-order valence-corrected chi connectivity index (χ1v) is 8.92. The molecule has 1 aliphatic heterocycles. The molecule has 2 N–H and O–H groups in total. The van der Waals surface area contributed by atoms with Crippen LogP contribution in [0.5, 0.6) is 0 Å². The number of hydrogen-bond acceptors (Lipinski definition) is 4. The van der Waals surface area contributed by atoms with E-state index in [0.717, 1.165) is 12.8 Å². The zero-order chi connectivity index (χ0) is 16.3. The molecule has 0 radical (unpaired) electrons. The lowest BCUT2D eigenvalue weighted by Crippen LogP contribution is -2.40. The van der Waals surface area contributed by atoms with Crippen molar-refractivity contribution < 1.29 is 14.4 Å². The second kappa shape index (κ2) is 6.89. The Balaban J connectivity index is 1.72. The molecule has 2 aliphatic rings. The molecule has 4 amide bonds. The van der Waals surface area contributed by atoms with Crippen LogP contribution in [0.1, 0.15) is 46.5 Å². The fourth-order valence-electron chi connectivity index (χ4n) is 2.81. The van der Waals surface area contributed by atoms with Gasteiger partial charge in [-0.05, 0) is 33.6 Å². The Hall–Kier alpha value is -1.24. The maximum Gasteiger partial charge on any atom is 0.325 e. The van der Waals surface area contributed by atoms with Crippen LogP contribution in [0, 0.1) is 0 Å². The van der Waals surface area contributed by atoms with Crippen LogP contribution in [-0.4, -0.2) is 51.9 Å². The van der Waals surface area contributed by atoms with Gasteiger partial charge in [0.15, 0.2) is 0 Å². The number of carbonyl (C=O) groups is 3. The number of rotatable bonds is 6. The molecule has 124 valence electrons. The predicted octanol–water partition coefficient (Wildman–Crippen LogP) is 1.50. The molecule has 0 unspecified atom stereocenters. The summed E-state index contributed by atoms with van der Waals surface area (Å²) in [7, 11) is 0. The van der Waals surface area contributed by atoms with E-state index in [9.17, 15) is 14.4 Å². The SMILES string of the molecule is C[C@H](SCCN1C(=O)NC(C)(C)C1=O)C(=O)NC1CCCC1. The Labute approximate surface area is 135 Å². The second-order valence-corrected chi connectivity index (χ2v) is 7.96. The monoisotopic (exact) mass is 327 g/mol. The zero-order valence-electron chi connectivity index (χ0n) is 13.5. The Kier molecular flexibility index (Phi) is 5.36. The molecule has 0 aromatic heterocycles. The van der Waals surface area contributed by atoms with Crippen molar-refractivity contribution >= 4 is 29.6 Å². The number of amides is 4. The quantitative estimate of drug-likeness (QED) is 0.725. The number of nitrogens with one attached hydrogen (secondary N) is 2. The highest BCUT2D eigenvalue weighted by Crippen LogP contribution is 2.20. The van der Waals surface area contributed by atoms with Crippen LogP contribution in [0.25, 0.3) is 0 Å². The third-order valence-electron chi connectivity index (χ3n) is 4.20. The Bertz CT molecular complexity index is 461. The molecule has 22 heavy (non-hydrogen) atoms. The minimum absolute atomic E-state index is 0.0504. The molecule has 0 aromatic carbocycles. The van der Waals surface area contributed by atoms with E-state index < -0.39 is 5.54 Å². The normalized spacial score (nSPS) is 22.8. The minimum Gasteiger partial charge on any atom is -0.352 e. The van der Waals surface area contributed by atoms with Crippen molar-refractivity contribution in [1.29, 1.82) is 0 Å². The van der Waals surface area contributed by atoms with Crippen molar-refractivity contribution in [1.82, 2.24) is 15.5 Å². The summed E-state index contributed by atoms with van der Waals surface area (Å²) in [5.41, 5.74) is -0.826. The first kappa shape index (κ1) is 17.1. The molecular formula is C15H25N3O3S. The lowest BCUT2D eigenvalue weighted by Gasteiger charge is -2.18. The van der Waals surface area contributed by atoms with Gasteiger partial charge in [-0.2, -0.15) is 0 Å². The summed E-state index contributed by atoms with van der Waals surface area (Å²) >= 11 is 1.47. The number of hydrogen-bond donors (Lipinski definition) is 2. The first-order valence-electron chi connectivity index (χ1n) is 7.87. The van der Waals surface area contributed by atoms with E-state index in [4.69, 9.17) is 0 Å². The van der Waals surface area contributed by atoms with Gasteiger partial charge in [-0.15, -0.1) is 11.8 Å². The highest BCUT2D eigenvalue weighted by Gasteiger charge is 2.43. The zero-order valence-corrected chi connectivity index (χ0v) is 14.3. The van der Waals surface area contributed by atoms with Crippen LogP contribution in [-0.2, 0) is 9.59 Å². The Morgan fingerprint density at radius 2 is 2.05 bits per heavy atom. The summed E-state index contributed by atoms with van der Waals surface area (Å²) in [6, 6.07) is -0.0269. The Morgan fingerprint density at radius 3 is 2.59 bits per heavy atom. The summed E-state index contributed by atoms with van der Waals surface area (Å²) in [4.78, 5) is 37.1. The van der Waals surface area contributed by atoms with Crippen molar-refractivity contribution in [3.8, 4) is 0 Å². The van der Waals surface area contributed by atoms with E-state index in [1.54, 1.807) is 13.8 Å². The topological polar surface area (TPSA) is 78.5 Å². The van der Waals surface area contributed by atoms with Gasteiger partial charge in [0.05, 0.1) is 5.25 Å². The molecule has 1 saturated carbocycles. The van der Waals surface area contributed by atoms with Gasteiger partial charge in [0.2, 0.25) is 5.91 Å². The van der Waals surface area contributed by atoms with E-state index in [0.29, 0.717) is 18.3 Å². The van der Waals surface area contributed by atoms with Crippen molar-refractivity contribution in [3.05, 3.63) is 0 Å². The maximum absolute atomic E-state index is 12.1. The van der Waals surface area contributed by atoms with Crippen LogP contribution >= 0.6 is 11.8 Å². The van der Waals surface area contributed by atoms with Gasteiger partial charge in [0.25, 0.3) is 5.91 Å². The molecule has 2 fully saturated rings. The summed E-state index contributed by atoms with van der Waals surface area (Å²) in [5, 5.41) is 5.55. The van der Waals surface area contributed by atoms with Gasteiger partial charge >= 0.3 is 6.03 Å². The van der Waals surface area contributed by atoms with E-state index in [2.05, 4.69) is 10.6 Å². The van der Waals surface area contributed by atoms with E-state index in [-0.39, 0.29) is 23.1 Å². The van der Waals surface area contributed by atoms with E-state index in [1.807, 2.05) is 6.92 Å². The fourth-order valence-corrected chi connectivity index (χ4v) is 3.67. The summed E-state index contributed by atoms with van der Waals surface area (Å²) in [6.45, 7) is 5.58. The van der Waals surface area contributed by atoms with Crippen LogP contribution in [0.3, 0.4) is 0 Å². The van der Waals surface area contributed by atoms with Crippen molar-refractivity contribution in [2.75, 3.05) is 12.3 Å². The predicted molar refractivity (Wildman–Crippen MR) is 86.6 cm³/mol. The third-order valence-corrected chi connectivity index (χ3v) is 5.33. The van der Waals surface area contributed by atoms with Crippen molar-refractivity contribution in [2.45, 2.75) is 63.3 Å². The largest absolute Gasteiger partial charge is 0.352 e. The highest BCUT2D eigenvalue weighted by atomic mass is 32.2. The summed E-state index contributed by atoms with van der Waals surface area (Å²) < 4.78 is 0. The van der Waals surface area contributed by atoms with Gasteiger partial charge in [-0.3, -0.25) is 14.5 Å². The fraction of sp³-hybridized carbons (Fsp3) is 0.800. The molecule has 1 aliphatic carbocycles. The molecule has 1 atom stereocenters.